The molecule has 1 aliphatic rings. The Bertz CT molecular complexity index is 500. The lowest BCUT2D eigenvalue weighted by atomic mass is 10.2. The van der Waals surface area contributed by atoms with Crippen LogP contribution in [0.5, 0.6) is 0 Å². The van der Waals surface area contributed by atoms with E-state index < -0.39 is 0 Å². The van der Waals surface area contributed by atoms with Crippen LogP contribution in [0.15, 0.2) is 15.5 Å². The third kappa shape index (κ3) is 2.84. The molecule has 1 saturated heterocycles. The number of likely N-dealkylation sites (N-methyl/N-ethyl adjacent to an activating group) is 1. The summed E-state index contributed by atoms with van der Waals surface area (Å²) in [6.07, 6.45) is 4.12. The highest BCUT2D eigenvalue weighted by molar-refractivity contribution is 9.10. The van der Waals surface area contributed by atoms with Gasteiger partial charge in [0.1, 0.15) is 4.47 Å². The molecule has 1 aromatic heterocycles. The largest absolute Gasteiger partial charge is 0.365 e. The molecule has 2 heterocycles. The molecule has 1 N–H and O–H groups in total. The van der Waals surface area contributed by atoms with Crippen molar-refractivity contribution in [1.29, 1.82) is 0 Å². The quantitative estimate of drug-likeness (QED) is 0.915. The van der Waals surface area contributed by atoms with Crippen LogP contribution in [-0.2, 0) is 0 Å². The standard InChI is InChI=1S/C13H21BrN4O/c1-9(2)18-13(19)12(14)11(8-16-18)17-6-4-5-10(17)7-15-3/h8-10,15H,4-7H2,1-3H3. The third-order valence-corrected chi connectivity index (χ3v) is 4.29. The van der Waals surface area contributed by atoms with Crippen LogP contribution in [-0.4, -0.2) is 36.0 Å². The fourth-order valence-corrected chi connectivity index (χ4v) is 3.12. The maximum absolute atomic E-state index is 12.3. The molecule has 6 heteroatoms. The van der Waals surface area contributed by atoms with Gasteiger partial charge in [0, 0.05) is 19.1 Å². The van der Waals surface area contributed by atoms with Gasteiger partial charge in [0.05, 0.1) is 17.9 Å². The highest BCUT2D eigenvalue weighted by Crippen LogP contribution is 2.29. The predicted octanol–water partition coefficient (Wildman–Crippen LogP) is 1.77. The fraction of sp³-hybridized carbons (Fsp3) is 0.692. The lowest BCUT2D eigenvalue weighted by molar-refractivity contribution is 0.499. The number of anilines is 1. The number of nitrogens with zero attached hydrogens (tertiary/aromatic N) is 3. The zero-order valence-electron chi connectivity index (χ0n) is 11.7. The van der Waals surface area contributed by atoms with Gasteiger partial charge in [-0.3, -0.25) is 4.79 Å². The van der Waals surface area contributed by atoms with Gasteiger partial charge in [0.15, 0.2) is 0 Å². The first-order valence-electron chi connectivity index (χ1n) is 6.74. The van der Waals surface area contributed by atoms with Crippen LogP contribution in [0.3, 0.4) is 0 Å². The van der Waals surface area contributed by atoms with Crippen molar-refractivity contribution in [1.82, 2.24) is 15.1 Å². The van der Waals surface area contributed by atoms with E-state index in [0.29, 0.717) is 10.5 Å². The van der Waals surface area contributed by atoms with Crippen molar-refractivity contribution in [3.05, 3.63) is 21.0 Å². The SMILES string of the molecule is CNCC1CCCN1c1cnn(C(C)C)c(=O)c1Br. The molecule has 5 nitrogen and oxygen atoms in total. The summed E-state index contributed by atoms with van der Waals surface area (Å²) < 4.78 is 2.13. The summed E-state index contributed by atoms with van der Waals surface area (Å²) in [7, 11) is 1.96. The molecule has 0 spiro atoms. The molecule has 1 unspecified atom stereocenters. The predicted molar refractivity (Wildman–Crippen MR) is 80.9 cm³/mol. The molecule has 1 aliphatic heterocycles. The maximum atomic E-state index is 12.3. The van der Waals surface area contributed by atoms with E-state index in [1.807, 2.05) is 20.9 Å². The molecule has 106 valence electrons. The summed E-state index contributed by atoms with van der Waals surface area (Å²) in [4.78, 5) is 14.5. The van der Waals surface area contributed by atoms with Crippen LogP contribution in [0.2, 0.25) is 0 Å². The van der Waals surface area contributed by atoms with Gasteiger partial charge < -0.3 is 10.2 Å². The lowest BCUT2D eigenvalue weighted by Gasteiger charge is -2.27. The van der Waals surface area contributed by atoms with Crippen LogP contribution >= 0.6 is 15.9 Å². The van der Waals surface area contributed by atoms with Gasteiger partial charge in [-0.25, -0.2) is 4.68 Å². The summed E-state index contributed by atoms with van der Waals surface area (Å²) >= 11 is 3.45. The van der Waals surface area contributed by atoms with E-state index in [1.165, 1.54) is 4.68 Å². The molecule has 0 saturated carbocycles. The van der Waals surface area contributed by atoms with Gasteiger partial charge in [-0.1, -0.05) is 0 Å². The van der Waals surface area contributed by atoms with E-state index in [2.05, 4.69) is 31.2 Å². The van der Waals surface area contributed by atoms with Crippen molar-refractivity contribution in [2.45, 2.75) is 38.8 Å². The Morgan fingerprint density at radius 2 is 2.32 bits per heavy atom. The minimum Gasteiger partial charge on any atom is -0.365 e. The topological polar surface area (TPSA) is 50.2 Å². The van der Waals surface area contributed by atoms with Gasteiger partial charge in [-0.15, -0.1) is 0 Å². The third-order valence-electron chi connectivity index (χ3n) is 3.54. The number of hydrogen-bond acceptors (Lipinski definition) is 4. The second-order valence-corrected chi connectivity index (χ2v) is 6.03. The van der Waals surface area contributed by atoms with Crippen LogP contribution in [0.4, 0.5) is 5.69 Å². The van der Waals surface area contributed by atoms with Gasteiger partial charge >= 0.3 is 0 Å². The highest BCUT2D eigenvalue weighted by Gasteiger charge is 2.27. The molecule has 0 aromatic carbocycles. The van der Waals surface area contributed by atoms with Gasteiger partial charge in [0.2, 0.25) is 0 Å². The lowest BCUT2D eigenvalue weighted by Crippen LogP contribution is -2.38. The monoisotopic (exact) mass is 328 g/mol. The second kappa shape index (κ2) is 6.05. The number of aromatic nitrogens is 2. The van der Waals surface area contributed by atoms with Crippen molar-refractivity contribution in [2.24, 2.45) is 0 Å². The molecule has 2 rings (SSSR count). The van der Waals surface area contributed by atoms with Crippen molar-refractivity contribution >= 4 is 21.6 Å². The van der Waals surface area contributed by atoms with E-state index in [0.717, 1.165) is 31.6 Å². The van der Waals surface area contributed by atoms with Crippen LogP contribution in [0.25, 0.3) is 0 Å². The summed E-state index contributed by atoms with van der Waals surface area (Å²) in [5.41, 5.74) is 0.863. The summed E-state index contributed by atoms with van der Waals surface area (Å²) in [6, 6.07) is 0.516. The Labute approximate surface area is 122 Å². The Hall–Kier alpha value is -0.880. The van der Waals surface area contributed by atoms with E-state index in [-0.39, 0.29) is 11.6 Å². The minimum atomic E-state index is -0.0531. The van der Waals surface area contributed by atoms with Crippen LogP contribution in [0, 0.1) is 0 Å². The number of halogens is 1. The van der Waals surface area contributed by atoms with E-state index in [1.54, 1.807) is 6.20 Å². The summed E-state index contributed by atoms with van der Waals surface area (Å²) in [5.74, 6) is 0. The first-order chi connectivity index (χ1) is 9.06. The molecule has 0 amide bonds. The van der Waals surface area contributed by atoms with Crippen molar-refractivity contribution in [3.63, 3.8) is 0 Å². The Morgan fingerprint density at radius 3 is 2.95 bits per heavy atom. The molecule has 0 radical (unpaired) electrons. The molecule has 19 heavy (non-hydrogen) atoms. The van der Waals surface area contributed by atoms with Crippen LogP contribution < -0.4 is 15.8 Å². The average Bonchev–Trinajstić information content (AvgIpc) is 2.81. The van der Waals surface area contributed by atoms with E-state index in [4.69, 9.17) is 0 Å². The fourth-order valence-electron chi connectivity index (χ4n) is 2.60. The number of nitrogens with one attached hydrogen (secondary N) is 1. The minimum absolute atomic E-state index is 0.0531. The molecule has 0 bridgehead atoms. The van der Waals surface area contributed by atoms with Gasteiger partial charge in [-0.2, -0.15) is 5.10 Å². The first kappa shape index (κ1) is 14.5. The smallest absolute Gasteiger partial charge is 0.283 e. The maximum Gasteiger partial charge on any atom is 0.283 e. The number of rotatable bonds is 4. The van der Waals surface area contributed by atoms with Crippen LogP contribution in [0.1, 0.15) is 32.7 Å². The van der Waals surface area contributed by atoms with Crippen molar-refractivity contribution in [2.75, 3.05) is 25.0 Å². The van der Waals surface area contributed by atoms with Gasteiger partial charge in [0.25, 0.3) is 5.56 Å². The molecule has 1 aromatic rings. The second-order valence-electron chi connectivity index (χ2n) is 5.23. The van der Waals surface area contributed by atoms with E-state index in [9.17, 15) is 4.79 Å². The zero-order valence-corrected chi connectivity index (χ0v) is 13.3. The Kier molecular flexibility index (Phi) is 4.62. The van der Waals surface area contributed by atoms with Crippen molar-refractivity contribution in [3.8, 4) is 0 Å². The van der Waals surface area contributed by atoms with Crippen molar-refractivity contribution < 1.29 is 0 Å². The number of hydrogen-bond donors (Lipinski definition) is 1. The summed E-state index contributed by atoms with van der Waals surface area (Å²) in [6.45, 7) is 5.83. The highest BCUT2D eigenvalue weighted by atomic mass is 79.9. The molecule has 1 fully saturated rings. The molecular formula is C13H21BrN4O. The van der Waals surface area contributed by atoms with Gasteiger partial charge in [-0.05, 0) is 49.7 Å². The molecule has 0 aliphatic carbocycles. The zero-order chi connectivity index (χ0) is 14.0. The average molecular weight is 329 g/mol. The molecular weight excluding hydrogens is 308 g/mol. The normalized spacial score (nSPS) is 19.4. The summed E-state index contributed by atoms with van der Waals surface area (Å²) in [5, 5.41) is 7.50. The Morgan fingerprint density at radius 1 is 1.58 bits per heavy atom. The molecule has 1 atom stereocenters. The van der Waals surface area contributed by atoms with E-state index >= 15 is 0 Å². The Balaban J connectivity index is 2.35. The first-order valence-corrected chi connectivity index (χ1v) is 7.54.